The van der Waals surface area contributed by atoms with E-state index < -0.39 is 0 Å². The van der Waals surface area contributed by atoms with E-state index in [4.69, 9.17) is 5.21 Å². The lowest BCUT2D eigenvalue weighted by Gasteiger charge is -2.27. The van der Waals surface area contributed by atoms with Crippen molar-refractivity contribution in [3.8, 4) is 0 Å². The van der Waals surface area contributed by atoms with Crippen molar-refractivity contribution in [2.75, 3.05) is 13.6 Å². The topological polar surface area (TPSA) is 82.5 Å². The molecule has 0 radical (unpaired) electrons. The van der Waals surface area contributed by atoms with Crippen LogP contribution in [0.3, 0.4) is 0 Å². The summed E-state index contributed by atoms with van der Waals surface area (Å²) >= 11 is 1.48. The third kappa shape index (κ3) is 3.80. The molecule has 0 bridgehead atoms. The maximum atomic E-state index is 12.8. The fraction of sp³-hybridized carbons (Fsp3) is 0.211. The lowest BCUT2D eigenvalue weighted by Crippen LogP contribution is -2.35. The molecule has 6 nitrogen and oxygen atoms in total. The second kappa shape index (κ2) is 8.18. The predicted molar refractivity (Wildman–Crippen MR) is 101 cm³/mol. The first-order valence-electron chi connectivity index (χ1n) is 8.18. The zero-order valence-electron chi connectivity index (χ0n) is 14.3. The van der Waals surface area contributed by atoms with Gasteiger partial charge in [0.2, 0.25) is 0 Å². The lowest BCUT2D eigenvalue weighted by atomic mass is 10.1. The van der Waals surface area contributed by atoms with E-state index in [1.165, 1.54) is 23.9 Å². The molecular formula is C19H19N3O3S. The van der Waals surface area contributed by atoms with Crippen LogP contribution in [0, 0.1) is 0 Å². The largest absolute Gasteiger partial charge is 0.333 e. The van der Waals surface area contributed by atoms with Crippen LogP contribution in [0.1, 0.15) is 30.5 Å². The van der Waals surface area contributed by atoms with E-state index in [-0.39, 0.29) is 5.91 Å². The zero-order valence-corrected chi connectivity index (χ0v) is 15.1. The van der Waals surface area contributed by atoms with Gasteiger partial charge in [-0.2, -0.15) is 0 Å². The third-order valence-corrected chi connectivity index (χ3v) is 5.24. The molecule has 3 aromatic rings. The summed E-state index contributed by atoms with van der Waals surface area (Å²) in [5.74, 6) is 0.0301. The minimum Gasteiger partial charge on any atom is -0.333 e. The van der Waals surface area contributed by atoms with E-state index >= 15 is 0 Å². The number of carbonyl (C=O) groups excluding carboxylic acids is 2. The number of amides is 1. The summed E-state index contributed by atoms with van der Waals surface area (Å²) in [6.07, 6.45) is 3.43. The van der Waals surface area contributed by atoms with Gasteiger partial charge in [-0.3, -0.25) is 14.6 Å². The van der Waals surface area contributed by atoms with E-state index in [1.807, 2.05) is 41.3 Å². The molecule has 1 aromatic carbocycles. The Morgan fingerprint density at radius 2 is 2.15 bits per heavy atom. The Morgan fingerprint density at radius 3 is 2.92 bits per heavy atom. The fourth-order valence-corrected chi connectivity index (χ4v) is 4.01. The van der Waals surface area contributed by atoms with Crippen LogP contribution < -0.4 is 5.48 Å². The number of nitrogens with one attached hydrogen (secondary N) is 1. The molecule has 134 valence electrons. The van der Waals surface area contributed by atoms with Crippen LogP contribution >= 0.6 is 11.3 Å². The number of nitrogens with zero attached hydrogens (tertiary/aromatic N) is 2. The molecule has 0 unspecified atom stereocenters. The van der Waals surface area contributed by atoms with Crippen LogP contribution in [0.25, 0.3) is 10.9 Å². The Hall–Kier alpha value is -2.61. The van der Waals surface area contributed by atoms with E-state index in [0.717, 1.165) is 33.4 Å². The summed E-state index contributed by atoms with van der Waals surface area (Å²) in [5.41, 5.74) is 4.52. The highest BCUT2D eigenvalue weighted by molar-refractivity contribution is 7.13. The average molecular weight is 369 g/mol. The highest BCUT2D eigenvalue weighted by atomic mass is 32.1. The molecule has 1 aliphatic heterocycles. The van der Waals surface area contributed by atoms with Crippen LogP contribution in [-0.2, 0) is 13.0 Å². The summed E-state index contributed by atoms with van der Waals surface area (Å²) in [5, 5.41) is 8.29. The highest BCUT2D eigenvalue weighted by Crippen LogP contribution is 2.28. The summed E-state index contributed by atoms with van der Waals surface area (Å²) < 4.78 is 0. The van der Waals surface area contributed by atoms with Crippen LogP contribution in [0.5, 0.6) is 0 Å². The maximum absolute atomic E-state index is 12.8. The summed E-state index contributed by atoms with van der Waals surface area (Å²) in [6, 6.07) is 11.4. The molecule has 1 amide bonds. The van der Waals surface area contributed by atoms with Crippen molar-refractivity contribution < 1.29 is 14.8 Å². The second-order valence-electron chi connectivity index (χ2n) is 5.83. The molecule has 0 spiro atoms. The number of hydrogen-bond acceptors (Lipinski definition) is 6. The van der Waals surface area contributed by atoms with Crippen LogP contribution in [0.4, 0.5) is 0 Å². The van der Waals surface area contributed by atoms with E-state index in [9.17, 15) is 9.59 Å². The van der Waals surface area contributed by atoms with Gasteiger partial charge in [0.25, 0.3) is 5.91 Å². The minimum atomic E-state index is 0.0301. The van der Waals surface area contributed by atoms with Crippen molar-refractivity contribution in [1.29, 1.82) is 0 Å². The number of carbonyl (C=O) groups is 2. The van der Waals surface area contributed by atoms with Gasteiger partial charge in [-0.25, -0.2) is 5.48 Å². The van der Waals surface area contributed by atoms with Crippen molar-refractivity contribution in [3.63, 3.8) is 0 Å². The number of aldehydes is 1. The minimum absolute atomic E-state index is 0.0301. The monoisotopic (exact) mass is 369 g/mol. The molecule has 4 rings (SSSR count). The number of pyridine rings is 1. The standard InChI is InChI=1S/C18H14N2O2S.CH5NO/c21-11-15-9-13-5-7-20(10-17(13)23-15)18(22)14-3-4-16-12(8-14)2-1-6-19-16;1-2-3/h1-4,6,8-9,11H,5,7,10H2;2-3H,1H3. The molecule has 1 aliphatic rings. The van der Waals surface area contributed by atoms with E-state index in [2.05, 4.69) is 4.98 Å². The molecule has 0 saturated carbocycles. The Bertz CT molecular complexity index is 939. The van der Waals surface area contributed by atoms with Crippen molar-refractivity contribution in [3.05, 3.63) is 63.5 Å². The average Bonchev–Trinajstić information content (AvgIpc) is 3.10. The van der Waals surface area contributed by atoms with E-state index in [0.29, 0.717) is 18.7 Å². The van der Waals surface area contributed by atoms with Crippen molar-refractivity contribution in [1.82, 2.24) is 15.4 Å². The number of thiophene rings is 1. The van der Waals surface area contributed by atoms with Crippen LogP contribution in [0.2, 0.25) is 0 Å². The Kier molecular flexibility index (Phi) is 5.72. The highest BCUT2D eigenvalue weighted by Gasteiger charge is 2.23. The second-order valence-corrected chi connectivity index (χ2v) is 6.99. The van der Waals surface area contributed by atoms with Crippen LogP contribution in [-0.4, -0.2) is 40.9 Å². The molecule has 0 saturated heterocycles. The number of hydrogen-bond donors (Lipinski definition) is 2. The molecule has 0 aliphatic carbocycles. The first kappa shape index (κ1) is 18.2. The summed E-state index contributed by atoms with van der Waals surface area (Å²) in [7, 11) is 1.43. The Labute approximate surface area is 155 Å². The molecule has 7 heteroatoms. The number of rotatable bonds is 2. The van der Waals surface area contributed by atoms with Crippen LogP contribution in [0.15, 0.2) is 42.6 Å². The van der Waals surface area contributed by atoms with Gasteiger partial charge in [0, 0.05) is 35.6 Å². The van der Waals surface area contributed by atoms with Gasteiger partial charge < -0.3 is 10.1 Å². The van der Waals surface area contributed by atoms with Crippen molar-refractivity contribution >= 4 is 34.4 Å². The van der Waals surface area contributed by atoms with Gasteiger partial charge in [-0.1, -0.05) is 6.07 Å². The molecule has 26 heavy (non-hydrogen) atoms. The van der Waals surface area contributed by atoms with Gasteiger partial charge in [0.05, 0.1) is 16.9 Å². The van der Waals surface area contributed by atoms with Gasteiger partial charge >= 0.3 is 0 Å². The number of aromatic nitrogens is 1. The Balaban J connectivity index is 0.000000613. The first-order chi connectivity index (χ1) is 12.7. The summed E-state index contributed by atoms with van der Waals surface area (Å²) in [4.78, 5) is 31.7. The first-order valence-corrected chi connectivity index (χ1v) is 8.99. The van der Waals surface area contributed by atoms with Crippen molar-refractivity contribution in [2.24, 2.45) is 0 Å². The normalized spacial score (nSPS) is 12.9. The van der Waals surface area contributed by atoms with Gasteiger partial charge in [0.15, 0.2) is 6.29 Å². The maximum Gasteiger partial charge on any atom is 0.254 e. The SMILES string of the molecule is CNO.O=Cc1cc2c(s1)CN(C(=O)c1ccc3ncccc3c1)CC2. The zero-order chi connectivity index (χ0) is 18.5. The van der Waals surface area contributed by atoms with Gasteiger partial charge in [-0.15, -0.1) is 11.3 Å². The molecule has 0 fully saturated rings. The predicted octanol–water partition coefficient (Wildman–Crippen LogP) is 2.90. The molecule has 2 aromatic heterocycles. The fourth-order valence-electron chi connectivity index (χ4n) is 2.97. The molecular weight excluding hydrogens is 350 g/mol. The Morgan fingerprint density at radius 1 is 1.35 bits per heavy atom. The summed E-state index contributed by atoms with van der Waals surface area (Å²) in [6.45, 7) is 1.27. The molecule has 2 N–H and O–H groups in total. The number of benzene rings is 1. The van der Waals surface area contributed by atoms with Crippen molar-refractivity contribution in [2.45, 2.75) is 13.0 Å². The quantitative estimate of drug-likeness (QED) is 0.536. The van der Waals surface area contributed by atoms with Gasteiger partial charge in [0.1, 0.15) is 0 Å². The molecule has 0 atom stereocenters. The number of hydroxylamine groups is 1. The lowest BCUT2D eigenvalue weighted by molar-refractivity contribution is 0.0737. The molecule has 3 heterocycles. The smallest absolute Gasteiger partial charge is 0.254 e. The number of fused-ring (bicyclic) bond motifs is 2. The van der Waals surface area contributed by atoms with Gasteiger partial charge in [-0.05, 0) is 42.3 Å². The third-order valence-electron chi connectivity index (χ3n) is 4.15. The van der Waals surface area contributed by atoms with E-state index in [1.54, 1.807) is 11.7 Å².